The normalized spacial score (nSPS) is 12.0. The van der Waals surface area contributed by atoms with Gasteiger partial charge in [-0.15, -0.1) is 0 Å². The fraction of sp³-hybridized carbons (Fsp3) is 0.333. The van der Waals surface area contributed by atoms with E-state index in [1.165, 1.54) is 11.1 Å². The molecule has 2 aromatic heterocycles. The zero-order valence-corrected chi connectivity index (χ0v) is 13.2. The number of rotatable bonds is 1. The van der Waals surface area contributed by atoms with Gasteiger partial charge in [-0.05, 0) is 31.0 Å². The van der Waals surface area contributed by atoms with Crippen LogP contribution in [0.25, 0.3) is 22.2 Å². The molecular formula is C18H20N2O. The van der Waals surface area contributed by atoms with Crippen LogP contribution in [0.2, 0.25) is 0 Å². The maximum absolute atomic E-state index is 5.97. The van der Waals surface area contributed by atoms with Crippen LogP contribution in [-0.2, 0) is 5.41 Å². The quantitative estimate of drug-likeness (QED) is 0.642. The van der Waals surface area contributed by atoms with E-state index in [2.05, 4.69) is 56.7 Å². The smallest absolute Gasteiger partial charge is 0.200 e. The van der Waals surface area contributed by atoms with Crippen LogP contribution in [-0.4, -0.2) is 9.97 Å². The van der Waals surface area contributed by atoms with Crippen molar-refractivity contribution in [1.82, 2.24) is 9.97 Å². The lowest BCUT2D eigenvalue weighted by Gasteiger charge is -2.12. The Kier molecular flexibility index (Phi) is 3.08. The van der Waals surface area contributed by atoms with Crippen molar-refractivity contribution >= 4 is 10.9 Å². The van der Waals surface area contributed by atoms with Gasteiger partial charge in [-0.25, -0.2) is 4.98 Å². The highest BCUT2D eigenvalue weighted by molar-refractivity contribution is 5.94. The first kappa shape index (κ1) is 13.8. The van der Waals surface area contributed by atoms with Crippen LogP contribution in [0.4, 0.5) is 0 Å². The summed E-state index contributed by atoms with van der Waals surface area (Å²) in [7, 11) is 0. The van der Waals surface area contributed by atoms with Gasteiger partial charge in [0.15, 0.2) is 11.7 Å². The van der Waals surface area contributed by atoms with Crippen LogP contribution in [0, 0.1) is 13.8 Å². The largest absolute Gasteiger partial charge is 0.440 e. The Morgan fingerprint density at radius 3 is 2.43 bits per heavy atom. The Bertz CT molecular complexity index is 810. The van der Waals surface area contributed by atoms with Gasteiger partial charge in [0, 0.05) is 22.6 Å². The molecule has 0 atom stereocenters. The summed E-state index contributed by atoms with van der Waals surface area (Å²) >= 11 is 0. The van der Waals surface area contributed by atoms with Gasteiger partial charge in [-0.2, -0.15) is 0 Å². The third kappa shape index (κ3) is 2.33. The van der Waals surface area contributed by atoms with E-state index in [0.717, 1.165) is 28.1 Å². The minimum Gasteiger partial charge on any atom is -0.440 e. The van der Waals surface area contributed by atoms with E-state index >= 15 is 0 Å². The zero-order chi connectivity index (χ0) is 15.2. The van der Waals surface area contributed by atoms with E-state index < -0.39 is 0 Å². The molecular weight excluding hydrogens is 260 g/mol. The first-order chi connectivity index (χ1) is 9.88. The van der Waals surface area contributed by atoms with Crippen molar-refractivity contribution in [2.75, 3.05) is 0 Å². The summed E-state index contributed by atoms with van der Waals surface area (Å²) in [6.45, 7) is 10.5. The Balaban J connectivity index is 2.22. The summed E-state index contributed by atoms with van der Waals surface area (Å²) in [6, 6.07) is 6.23. The summed E-state index contributed by atoms with van der Waals surface area (Å²) < 4.78 is 5.97. The van der Waals surface area contributed by atoms with Crippen molar-refractivity contribution in [2.24, 2.45) is 0 Å². The SMILES string of the molecule is Cc1ccc2c(-c3cnc(C(C)(C)C)o3)ccnc2c1C. The molecule has 1 aromatic carbocycles. The van der Waals surface area contributed by atoms with Crippen molar-refractivity contribution in [3.8, 4) is 11.3 Å². The van der Waals surface area contributed by atoms with E-state index in [0.29, 0.717) is 0 Å². The number of fused-ring (bicyclic) bond motifs is 1. The van der Waals surface area contributed by atoms with Gasteiger partial charge < -0.3 is 4.42 Å². The number of oxazole rings is 1. The minimum atomic E-state index is -0.0897. The van der Waals surface area contributed by atoms with Crippen LogP contribution < -0.4 is 0 Å². The highest BCUT2D eigenvalue weighted by atomic mass is 16.4. The molecule has 0 aliphatic carbocycles. The number of hydrogen-bond donors (Lipinski definition) is 0. The summed E-state index contributed by atoms with van der Waals surface area (Å²) in [5.74, 6) is 1.56. The molecule has 0 radical (unpaired) electrons. The summed E-state index contributed by atoms with van der Waals surface area (Å²) in [5, 5.41) is 1.11. The van der Waals surface area contributed by atoms with Crippen molar-refractivity contribution in [3.63, 3.8) is 0 Å². The van der Waals surface area contributed by atoms with E-state index in [9.17, 15) is 0 Å². The fourth-order valence-corrected chi connectivity index (χ4v) is 2.42. The fourth-order valence-electron chi connectivity index (χ4n) is 2.42. The average Bonchev–Trinajstić information content (AvgIpc) is 2.92. The minimum absolute atomic E-state index is 0.0897. The molecule has 3 aromatic rings. The number of aromatic nitrogens is 2. The lowest BCUT2D eigenvalue weighted by molar-refractivity contribution is 0.399. The first-order valence-electron chi connectivity index (χ1n) is 7.19. The van der Waals surface area contributed by atoms with Crippen molar-refractivity contribution in [2.45, 2.75) is 40.0 Å². The van der Waals surface area contributed by atoms with Crippen LogP contribution in [0.5, 0.6) is 0 Å². The molecule has 0 unspecified atom stereocenters. The molecule has 0 spiro atoms. The van der Waals surface area contributed by atoms with E-state index in [1.54, 1.807) is 0 Å². The lowest BCUT2D eigenvalue weighted by atomic mass is 9.97. The maximum Gasteiger partial charge on any atom is 0.200 e. The van der Waals surface area contributed by atoms with Crippen molar-refractivity contribution in [3.05, 3.63) is 47.6 Å². The van der Waals surface area contributed by atoms with Gasteiger partial charge in [-0.1, -0.05) is 32.9 Å². The van der Waals surface area contributed by atoms with Crippen LogP contribution in [0.1, 0.15) is 37.8 Å². The maximum atomic E-state index is 5.97. The standard InChI is InChI=1S/C18H20N2O/c1-11-6-7-14-13(8-9-19-16(14)12(11)2)15-10-20-17(21-15)18(3,4)5/h6-10H,1-5H3. The number of pyridine rings is 1. The summed E-state index contributed by atoms with van der Waals surface area (Å²) in [6.07, 6.45) is 3.65. The van der Waals surface area contributed by atoms with Gasteiger partial charge in [0.25, 0.3) is 0 Å². The third-order valence-corrected chi connectivity index (χ3v) is 3.85. The summed E-state index contributed by atoms with van der Waals surface area (Å²) in [5.41, 5.74) is 4.45. The van der Waals surface area contributed by atoms with Crippen molar-refractivity contribution < 1.29 is 4.42 Å². The van der Waals surface area contributed by atoms with Gasteiger partial charge >= 0.3 is 0 Å². The highest BCUT2D eigenvalue weighted by Gasteiger charge is 2.21. The van der Waals surface area contributed by atoms with Crippen LogP contribution in [0.15, 0.2) is 35.0 Å². The van der Waals surface area contributed by atoms with E-state index in [-0.39, 0.29) is 5.41 Å². The summed E-state index contributed by atoms with van der Waals surface area (Å²) in [4.78, 5) is 8.94. The molecule has 0 N–H and O–H groups in total. The molecule has 0 saturated heterocycles. The Labute approximate surface area is 125 Å². The number of benzene rings is 1. The Morgan fingerprint density at radius 2 is 1.76 bits per heavy atom. The molecule has 3 heteroatoms. The van der Waals surface area contributed by atoms with Gasteiger partial charge in [0.05, 0.1) is 11.7 Å². The molecule has 3 nitrogen and oxygen atoms in total. The van der Waals surface area contributed by atoms with E-state index in [1.807, 2.05) is 18.5 Å². The second kappa shape index (κ2) is 4.69. The topological polar surface area (TPSA) is 38.9 Å². The highest BCUT2D eigenvalue weighted by Crippen LogP contribution is 2.32. The molecule has 0 aliphatic heterocycles. The van der Waals surface area contributed by atoms with Gasteiger partial charge in [-0.3, -0.25) is 4.98 Å². The van der Waals surface area contributed by atoms with Gasteiger partial charge in [0.1, 0.15) is 0 Å². The predicted octanol–water partition coefficient (Wildman–Crippen LogP) is 4.80. The van der Waals surface area contributed by atoms with Crippen molar-refractivity contribution in [1.29, 1.82) is 0 Å². The number of nitrogens with zero attached hydrogens (tertiary/aromatic N) is 2. The molecule has 3 rings (SSSR count). The molecule has 21 heavy (non-hydrogen) atoms. The number of aryl methyl sites for hydroxylation is 2. The number of hydrogen-bond acceptors (Lipinski definition) is 3. The Hall–Kier alpha value is -2.16. The molecule has 0 aliphatic rings. The second-order valence-electron chi connectivity index (χ2n) is 6.54. The molecule has 0 saturated carbocycles. The van der Waals surface area contributed by atoms with Crippen LogP contribution >= 0.6 is 0 Å². The predicted molar refractivity (Wildman–Crippen MR) is 85.4 cm³/mol. The van der Waals surface area contributed by atoms with E-state index in [4.69, 9.17) is 4.42 Å². The molecule has 0 amide bonds. The van der Waals surface area contributed by atoms with Gasteiger partial charge in [0.2, 0.25) is 0 Å². The Morgan fingerprint density at radius 1 is 1.00 bits per heavy atom. The second-order valence-corrected chi connectivity index (χ2v) is 6.54. The molecule has 2 heterocycles. The molecule has 0 bridgehead atoms. The third-order valence-electron chi connectivity index (χ3n) is 3.85. The molecule has 108 valence electrons. The average molecular weight is 280 g/mol. The zero-order valence-electron chi connectivity index (χ0n) is 13.2. The lowest BCUT2D eigenvalue weighted by Crippen LogP contribution is -2.10. The first-order valence-corrected chi connectivity index (χ1v) is 7.19. The monoisotopic (exact) mass is 280 g/mol. The molecule has 0 fully saturated rings. The van der Waals surface area contributed by atoms with Crippen LogP contribution in [0.3, 0.4) is 0 Å².